The number of amides is 1. The van der Waals surface area contributed by atoms with Gasteiger partial charge in [0.05, 0.1) is 17.5 Å². The van der Waals surface area contributed by atoms with E-state index in [1.165, 1.54) is 0 Å². The minimum Gasteiger partial charge on any atom is -0.311 e. The predicted octanol–water partition coefficient (Wildman–Crippen LogP) is 2.84. The van der Waals surface area contributed by atoms with Gasteiger partial charge in [0.2, 0.25) is 5.91 Å². The molecular formula is C17H23N3O. The number of hydrogen-bond acceptors (Lipinski definition) is 3. The molecule has 0 saturated carbocycles. The van der Waals surface area contributed by atoms with Gasteiger partial charge in [-0.15, -0.1) is 0 Å². The summed E-state index contributed by atoms with van der Waals surface area (Å²) in [6.45, 7) is 7.15. The highest BCUT2D eigenvalue weighted by atomic mass is 16.2. The number of anilines is 1. The van der Waals surface area contributed by atoms with E-state index >= 15 is 0 Å². The molecule has 1 amide bonds. The molecule has 4 nitrogen and oxygen atoms in total. The Labute approximate surface area is 126 Å². The van der Waals surface area contributed by atoms with Gasteiger partial charge in [-0.25, -0.2) is 0 Å². The van der Waals surface area contributed by atoms with Crippen LogP contribution in [0.15, 0.2) is 24.3 Å². The third-order valence-corrected chi connectivity index (χ3v) is 4.00. The molecule has 1 heterocycles. The number of para-hydroxylation sites is 1. The van der Waals surface area contributed by atoms with Crippen LogP contribution in [0.2, 0.25) is 0 Å². The first-order valence-corrected chi connectivity index (χ1v) is 7.48. The zero-order valence-corrected chi connectivity index (χ0v) is 13.0. The zero-order chi connectivity index (χ0) is 15.5. The van der Waals surface area contributed by atoms with Crippen molar-refractivity contribution in [2.24, 2.45) is 5.41 Å². The molecule has 0 spiro atoms. The van der Waals surface area contributed by atoms with E-state index in [-0.39, 0.29) is 17.4 Å². The van der Waals surface area contributed by atoms with Crippen molar-refractivity contribution < 1.29 is 4.79 Å². The Kier molecular flexibility index (Phi) is 4.64. The number of rotatable bonds is 4. The van der Waals surface area contributed by atoms with E-state index in [4.69, 9.17) is 5.26 Å². The van der Waals surface area contributed by atoms with Crippen LogP contribution in [-0.2, 0) is 11.3 Å². The molecule has 112 valence electrons. The predicted molar refractivity (Wildman–Crippen MR) is 83.7 cm³/mol. The summed E-state index contributed by atoms with van der Waals surface area (Å²) in [5.41, 5.74) is 1.81. The van der Waals surface area contributed by atoms with E-state index in [0.29, 0.717) is 13.1 Å². The van der Waals surface area contributed by atoms with Crippen LogP contribution in [0, 0.1) is 16.7 Å². The van der Waals surface area contributed by atoms with Gasteiger partial charge in [-0.05, 0) is 45.2 Å². The molecule has 0 bridgehead atoms. The monoisotopic (exact) mass is 285 g/mol. The third kappa shape index (κ3) is 3.62. The SMILES string of the molecule is CC1NCc2ccccc2N(CCCC(C)(C)C#N)C1=O. The van der Waals surface area contributed by atoms with Crippen LogP contribution < -0.4 is 10.2 Å². The number of carbonyl (C=O) groups excluding carboxylic acids is 1. The number of nitrogens with zero attached hydrogens (tertiary/aromatic N) is 2. The van der Waals surface area contributed by atoms with Gasteiger partial charge in [-0.3, -0.25) is 4.79 Å². The summed E-state index contributed by atoms with van der Waals surface area (Å²) in [6, 6.07) is 10.2. The first kappa shape index (κ1) is 15.5. The molecule has 2 rings (SSSR count). The van der Waals surface area contributed by atoms with Crippen molar-refractivity contribution in [2.45, 2.75) is 46.2 Å². The van der Waals surface area contributed by atoms with Gasteiger partial charge < -0.3 is 10.2 Å². The van der Waals surface area contributed by atoms with Crippen molar-refractivity contribution in [3.05, 3.63) is 29.8 Å². The molecular weight excluding hydrogens is 262 g/mol. The highest BCUT2D eigenvalue weighted by Gasteiger charge is 2.27. The van der Waals surface area contributed by atoms with Crippen molar-refractivity contribution >= 4 is 11.6 Å². The average Bonchev–Trinajstić information content (AvgIpc) is 2.59. The summed E-state index contributed by atoms with van der Waals surface area (Å²) < 4.78 is 0. The lowest BCUT2D eigenvalue weighted by molar-refractivity contribution is -0.120. The summed E-state index contributed by atoms with van der Waals surface area (Å²) in [4.78, 5) is 14.4. The van der Waals surface area contributed by atoms with E-state index in [2.05, 4.69) is 17.5 Å². The Morgan fingerprint density at radius 2 is 2.14 bits per heavy atom. The van der Waals surface area contributed by atoms with Crippen LogP contribution in [0.25, 0.3) is 0 Å². The molecule has 0 aliphatic carbocycles. The summed E-state index contributed by atoms with van der Waals surface area (Å²) in [5, 5.41) is 12.3. The maximum atomic E-state index is 12.5. The van der Waals surface area contributed by atoms with Gasteiger partial charge >= 0.3 is 0 Å². The fourth-order valence-corrected chi connectivity index (χ4v) is 2.59. The molecule has 4 heteroatoms. The van der Waals surface area contributed by atoms with Gasteiger partial charge in [0.25, 0.3) is 0 Å². The summed E-state index contributed by atoms with van der Waals surface area (Å²) in [7, 11) is 0. The van der Waals surface area contributed by atoms with E-state index < -0.39 is 0 Å². The van der Waals surface area contributed by atoms with Crippen molar-refractivity contribution in [2.75, 3.05) is 11.4 Å². The van der Waals surface area contributed by atoms with Crippen LogP contribution in [0.4, 0.5) is 5.69 Å². The number of benzene rings is 1. The van der Waals surface area contributed by atoms with Crippen LogP contribution >= 0.6 is 0 Å². The molecule has 0 aromatic heterocycles. The van der Waals surface area contributed by atoms with Gasteiger partial charge in [0.1, 0.15) is 0 Å². The smallest absolute Gasteiger partial charge is 0.243 e. The second kappa shape index (κ2) is 6.28. The summed E-state index contributed by atoms with van der Waals surface area (Å²) in [5.74, 6) is 0.106. The fourth-order valence-electron chi connectivity index (χ4n) is 2.59. The van der Waals surface area contributed by atoms with E-state index in [1.54, 1.807) is 0 Å². The van der Waals surface area contributed by atoms with Crippen molar-refractivity contribution in [1.82, 2.24) is 5.32 Å². The lowest BCUT2D eigenvalue weighted by Crippen LogP contribution is -2.43. The van der Waals surface area contributed by atoms with E-state index in [0.717, 1.165) is 24.1 Å². The molecule has 1 N–H and O–H groups in total. The molecule has 1 aromatic rings. The maximum absolute atomic E-state index is 12.5. The van der Waals surface area contributed by atoms with Gasteiger partial charge in [-0.2, -0.15) is 5.26 Å². The van der Waals surface area contributed by atoms with E-state index in [1.807, 2.05) is 43.9 Å². The third-order valence-electron chi connectivity index (χ3n) is 4.00. The second-order valence-electron chi connectivity index (χ2n) is 6.32. The van der Waals surface area contributed by atoms with Crippen LogP contribution in [-0.4, -0.2) is 18.5 Å². The molecule has 0 saturated heterocycles. The topological polar surface area (TPSA) is 56.1 Å². The summed E-state index contributed by atoms with van der Waals surface area (Å²) in [6.07, 6.45) is 1.62. The standard InChI is InChI=1S/C17H23N3O/c1-13-16(21)20(10-6-9-17(2,3)12-18)15-8-5-4-7-14(15)11-19-13/h4-5,7-8,13,19H,6,9-11H2,1-3H3. The summed E-state index contributed by atoms with van der Waals surface area (Å²) >= 11 is 0. The average molecular weight is 285 g/mol. The maximum Gasteiger partial charge on any atom is 0.243 e. The number of carbonyl (C=O) groups is 1. The Morgan fingerprint density at radius 1 is 1.43 bits per heavy atom. The molecule has 1 atom stereocenters. The second-order valence-corrected chi connectivity index (χ2v) is 6.32. The van der Waals surface area contributed by atoms with Crippen molar-refractivity contribution in [3.63, 3.8) is 0 Å². The Bertz CT molecular complexity index is 559. The van der Waals surface area contributed by atoms with Crippen LogP contribution in [0.3, 0.4) is 0 Å². The van der Waals surface area contributed by atoms with Crippen LogP contribution in [0.1, 0.15) is 39.2 Å². The van der Waals surface area contributed by atoms with Crippen molar-refractivity contribution in [1.29, 1.82) is 5.26 Å². The Hall–Kier alpha value is -1.86. The Morgan fingerprint density at radius 3 is 2.86 bits per heavy atom. The minimum absolute atomic E-state index is 0.106. The molecule has 1 unspecified atom stereocenters. The number of hydrogen-bond donors (Lipinski definition) is 1. The zero-order valence-electron chi connectivity index (χ0n) is 13.0. The highest BCUT2D eigenvalue weighted by Crippen LogP contribution is 2.26. The first-order valence-electron chi connectivity index (χ1n) is 7.48. The molecule has 21 heavy (non-hydrogen) atoms. The lowest BCUT2D eigenvalue weighted by atomic mass is 9.90. The Balaban J connectivity index is 2.15. The highest BCUT2D eigenvalue weighted by molar-refractivity contribution is 5.98. The molecule has 1 aliphatic rings. The first-order chi connectivity index (χ1) is 9.94. The van der Waals surface area contributed by atoms with Gasteiger partial charge in [0.15, 0.2) is 0 Å². The normalized spacial score (nSPS) is 18.9. The number of nitriles is 1. The molecule has 0 radical (unpaired) electrons. The van der Waals surface area contributed by atoms with Gasteiger partial charge in [-0.1, -0.05) is 18.2 Å². The number of nitrogens with one attached hydrogen (secondary N) is 1. The lowest BCUT2D eigenvalue weighted by Gasteiger charge is -2.25. The van der Waals surface area contributed by atoms with E-state index in [9.17, 15) is 4.79 Å². The quantitative estimate of drug-likeness (QED) is 0.925. The minimum atomic E-state index is -0.335. The fraction of sp³-hybridized carbons (Fsp3) is 0.529. The van der Waals surface area contributed by atoms with Crippen LogP contribution in [0.5, 0.6) is 0 Å². The molecule has 0 fully saturated rings. The molecule has 1 aliphatic heterocycles. The molecule has 1 aromatic carbocycles. The largest absolute Gasteiger partial charge is 0.311 e. The number of fused-ring (bicyclic) bond motifs is 1. The van der Waals surface area contributed by atoms with Crippen molar-refractivity contribution in [3.8, 4) is 6.07 Å². The van der Waals surface area contributed by atoms with Gasteiger partial charge in [0, 0.05) is 18.8 Å².